The van der Waals surface area contributed by atoms with E-state index in [2.05, 4.69) is 33.3 Å². The van der Waals surface area contributed by atoms with E-state index in [9.17, 15) is 0 Å². The molecule has 2 atom stereocenters. The van der Waals surface area contributed by atoms with Crippen molar-refractivity contribution < 1.29 is 9.47 Å². The molecule has 24 heavy (non-hydrogen) atoms. The number of hydrogen-bond acceptors (Lipinski definition) is 7. The summed E-state index contributed by atoms with van der Waals surface area (Å²) in [5.74, 6) is 1.46. The summed E-state index contributed by atoms with van der Waals surface area (Å²) in [5, 5.41) is 4.59. The van der Waals surface area contributed by atoms with Gasteiger partial charge in [0.05, 0.1) is 18.0 Å². The Labute approximate surface area is 143 Å². The highest BCUT2D eigenvalue weighted by molar-refractivity contribution is 7.18. The number of hydrogen-bond donors (Lipinski definition) is 1. The second kappa shape index (κ2) is 6.70. The average molecular weight is 342 g/mol. The third-order valence-electron chi connectivity index (χ3n) is 3.99. The summed E-state index contributed by atoms with van der Waals surface area (Å²) in [5.41, 5.74) is 0. The number of ether oxygens (including phenoxy) is 2. The minimum Gasteiger partial charge on any atom is -0.470 e. The fourth-order valence-electron chi connectivity index (χ4n) is 2.83. The zero-order chi connectivity index (χ0) is 16.4. The first-order valence-electron chi connectivity index (χ1n) is 7.93. The summed E-state index contributed by atoms with van der Waals surface area (Å²) in [6.45, 7) is 3.32. The maximum Gasteiger partial charge on any atom is 0.213 e. The minimum absolute atomic E-state index is 0.110. The van der Waals surface area contributed by atoms with E-state index in [1.54, 1.807) is 23.9 Å². The molecule has 0 aliphatic carbocycles. The first-order chi connectivity index (χ1) is 11.8. The van der Waals surface area contributed by atoms with E-state index in [1.807, 2.05) is 18.2 Å². The second-order valence-electron chi connectivity index (χ2n) is 5.74. The molecule has 1 saturated heterocycles. The van der Waals surface area contributed by atoms with Gasteiger partial charge >= 0.3 is 0 Å². The molecule has 0 spiro atoms. The summed E-state index contributed by atoms with van der Waals surface area (Å²) < 4.78 is 11.6. The zero-order valence-electron chi connectivity index (χ0n) is 13.3. The zero-order valence-corrected chi connectivity index (χ0v) is 14.1. The van der Waals surface area contributed by atoms with Crippen molar-refractivity contribution in [2.45, 2.75) is 25.5 Å². The maximum atomic E-state index is 6.02. The highest BCUT2D eigenvalue weighted by atomic mass is 32.1. The molecule has 7 heteroatoms. The molecule has 0 amide bonds. The van der Waals surface area contributed by atoms with Gasteiger partial charge in [0.2, 0.25) is 5.88 Å². The molecule has 1 N–H and O–H groups in total. The van der Waals surface area contributed by atoms with Crippen molar-refractivity contribution in [3.05, 3.63) is 41.7 Å². The molecule has 0 saturated carbocycles. The van der Waals surface area contributed by atoms with Crippen LogP contribution in [-0.2, 0) is 4.74 Å². The van der Waals surface area contributed by atoms with Crippen LogP contribution in [0.2, 0.25) is 0 Å². The Hall–Kier alpha value is -2.25. The van der Waals surface area contributed by atoms with Gasteiger partial charge in [-0.3, -0.25) is 0 Å². The van der Waals surface area contributed by atoms with Gasteiger partial charge in [-0.1, -0.05) is 6.07 Å². The van der Waals surface area contributed by atoms with Crippen LogP contribution in [0.4, 0.5) is 5.82 Å². The maximum absolute atomic E-state index is 6.02. The van der Waals surface area contributed by atoms with Gasteiger partial charge in [-0.05, 0) is 25.5 Å². The fraction of sp³-hybridized carbons (Fsp3) is 0.353. The van der Waals surface area contributed by atoms with Crippen LogP contribution in [0.5, 0.6) is 5.88 Å². The van der Waals surface area contributed by atoms with Crippen LogP contribution in [0.25, 0.3) is 10.2 Å². The Morgan fingerprint density at radius 3 is 3.12 bits per heavy atom. The number of nitrogens with zero attached hydrogens (tertiary/aromatic N) is 3. The van der Waals surface area contributed by atoms with E-state index in [-0.39, 0.29) is 12.1 Å². The SMILES string of the molecule is Cc1cc2c(N[C@@H]3CCOC[C@H]3Oc3ccccn3)ncnc2s1. The lowest BCUT2D eigenvalue weighted by Crippen LogP contribution is -2.45. The lowest BCUT2D eigenvalue weighted by molar-refractivity contribution is -0.00249. The van der Waals surface area contributed by atoms with Gasteiger partial charge in [-0.15, -0.1) is 11.3 Å². The standard InChI is InChI=1S/C17H18N4O2S/c1-11-8-12-16(19-10-20-17(12)24-11)21-13-5-7-22-9-14(13)23-15-4-2-3-6-18-15/h2-4,6,8,10,13-14H,5,7,9H2,1H3,(H,19,20,21)/t13-,14-/m1/s1. The molecule has 1 aliphatic rings. The van der Waals surface area contributed by atoms with Crippen LogP contribution in [0.15, 0.2) is 36.8 Å². The van der Waals surface area contributed by atoms with Gasteiger partial charge in [0.1, 0.15) is 23.1 Å². The summed E-state index contributed by atoms with van der Waals surface area (Å²) in [7, 11) is 0. The largest absolute Gasteiger partial charge is 0.470 e. The van der Waals surface area contributed by atoms with E-state index >= 15 is 0 Å². The van der Waals surface area contributed by atoms with E-state index in [0.29, 0.717) is 19.1 Å². The Balaban J connectivity index is 1.56. The quantitative estimate of drug-likeness (QED) is 0.786. The third kappa shape index (κ3) is 3.18. The van der Waals surface area contributed by atoms with E-state index in [1.165, 1.54) is 4.88 Å². The van der Waals surface area contributed by atoms with Crippen LogP contribution in [0.1, 0.15) is 11.3 Å². The van der Waals surface area contributed by atoms with E-state index in [0.717, 1.165) is 22.5 Å². The molecule has 3 aromatic rings. The van der Waals surface area contributed by atoms with Crippen molar-refractivity contribution >= 4 is 27.4 Å². The Morgan fingerprint density at radius 1 is 1.29 bits per heavy atom. The molecular formula is C17H18N4O2S. The van der Waals surface area contributed by atoms with Crippen molar-refractivity contribution in [1.29, 1.82) is 0 Å². The molecule has 0 bridgehead atoms. The van der Waals surface area contributed by atoms with Gasteiger partial charge in [-0.25, -0.2) is 15.0 Å². The summed E-state index contributed by atoms with van der Waals surface area (Å²) in [6, 6.07) is 7.87. The smallest absolute Gasteiger partial charge is 0.213 e. The molecule has 124 valence electrons. The number of pyridine rings is 1. The topological polar surface area (TPSA) is 69.2 Å². The molecule has 4 rings (SSSR count). The normalized spacial score (nSPS) is 20.9. The molecule has 1 fully saturated rings. The predicted molar refractivity (Wildman–Crippen MR) is 93.7 cm³/mol. The molecule has 1 aliphatic heterocycles. The predicted octanol–water partition coefficient (Wildman–Crippen LogP) is 3.04. The molecule has 0 radical (unpaired) electrons. The average Bonchev–Trinajstić information content (AvgIpc) is 2.99. The molecule has 0 unspecified atom stereocenters. The van der Waals surface area contributed by atoms with E-state index in [4.69, 9.17) is 9.47 Å². The van der Waals surface area contributed by atoms with Crippen LogP contribution in [-0.4, -0.2) is 40.3 Å². The van der Waals surface area contributed by atoms with Gasteiger partial charge in [0.15, 0.2) is 0 Å². The first kappa shape index (κ1) is 15.3. The van der Waals surface area contributed by atoms with Gasteiger partial charge < -0.3 is 14.8 Å². The molecule has 0 aromatic carbocycles. The lowest BCUT2D eigenvalue weighted by Gasteiger charge is -2.32. The third-order valence-corrected chi connectivity index (χ3v) is 4.95. The Morgan fingerprint density at radius 2 is 2.25 bits per heavy atom. The van der Waals surface area contributed by atoms with Crippen LogP contribution >= 0.6 is 11.3 Å². The van der Waals surface area contributed by atoms with Crippen molar-refractivity contribution in [3.8, 4) is 5.88 Å². The van der Waals surface area contributed by atoms with Crippen molar-refractivity contribution in [2.24, 2.45) is 0 Å². The summed E-state index contributed by atoms with van der Waals surface area (Å²) in [4.78, 5) is 15.2. The number of anilines is 1. The molecule has 3 aromatic heterocycles. The number of aromatic nitrogens is 3. The highest BCUT2D eigenvalue weighted by Gasteiger charge is 2.28. The fourth-order valence-corrected chi connectivity index (χ4v) is 3.68. The Bertz CT molecular complexity index is 824. The highest BCUT2D eigenvalue weighted by Crippen LogP contribution is 2.29. The number of fused-ring (bicyclic) bond motifs is 1. The van der Waals surface area contributed by atoms with Gasteiger partial charge in [0.25, 0.3) is 0 Å². The second-order valence-corrected chi connectivity index (χ2v) is 6.97. The van der Waals surface area contributed by atoms with Crippen LogP contribution in [0.3, 0.4) is 0 Å². The molecule has 6 nitrogen and oxygen atoms in total. The molecular weight excluding hydrogens is 324 g/mol. The first-order valence-corrected chi connectivity index (χ1v) is 8.74. The van der Waals surface area contributed by atoms with Gasteiger partial charge in [-0.2, -0.15) is 0 Å². The lowest BCUT2D eigenvalue weighted by atomic mass is 10.1. The van der Waals surface area contributed by atoms with Crippen LogP contribution < -0.4 is 10.1 Å². The summed E-state index contributed by atoms with van der Waals surface area (Å²) in [6.07, 6.45) is 4.07. The number of aryl methyl sites for hydroxylation is 1. The van der Waals surface area contributed by atoms with Crippen molar-refractivity contribution in [1.82, 2.24) is 15.0 Å². The number of rotatable bonds is 4. The number of nitrogens with one attached hydrogen (secondary N) is 1. The van der Waals surface area contributed by atoms with Crippen LogP contribution in [0, 0.1) is 6.92 Å². The van der Waals surface area contributed by atoms with Crippen molar-refractivity contribution in [3.63, 3.8) is 0 Å². The minimum atomic E-state index is -0.113. The number of thiophene rings is 1. The Kier molecular flexibility index (Phi) is 4.27. The monoisotopic (exact) mass is 342 g/mol. The van der Waals surface area contributed by atoms with E-state index < -0.39 is 0 Å². The van der Waals surface area contributed by atoms with Crippen molar-refractivity contribution in [2.75, 3.05) is 18.5 Å². The molecule has 4 heterocycles. The van der Waals surface area contributed by atoms with Gasteiger partial charge in [0, 0.05) is 23.7 Å². The summed E-state index contributed by atoms with van der Waals surface area (Å²) >= 11 is 1.67.